The maximum absolute atomic E-state index is 13.1. The standard InChI is InChI=1S/C15H8F6NO/c16-14(17,18)8-5-6-10(13(22)23)11(7-8)9-3-1-2-4-12(9)15(19,20)21/h1-4,6-7H,(H2,22,23). The first-order valence-electron chi connectivity index (χ1n) is 6.11. The molecular weight excluding hydrogens is 324 g/mol. The molecule has 0 spiro atoms. The molecule has 0 atom stereocenters. The van der Waals surface area contributed by atoms with Crippen LogP contribution in [0.2, 0.25) is 0 Å². The lowest BCUT2D eigenvalue weighted by Crippen LogP contribution is -2.16. The highest BCUT2D eigenvalue weighted by molar-refractivity contribution is 6.00. The molecule has 2 aromatic rings. The summed E-state index contributed by atoms with van der Waals surface area (Å²) in [5.41, 5.74) is 1.00. The molecule has 0 fully saturated rings. The average Bonchev–Trinajstić information content (AvgIpc) is 2.44. The van der Waals surface area contributed by atoms with Crippen LogP contribution in [0.4, 0.5) is 26.3 Å². The van der Waals surface area contributed by atoms with Gasteiger partial charge in [-0.15, -0.1) is 0 Å². The molecule has 0 heterocycles. The van der Waals surface area contributed by atoms with Crippen LogP contribution in [0.15, 0.2) is 36.4 Å². The fourth-order valence-electron chi connectivity index (χ4n) is 2.05. The Morgan fingerprint density at radius 2 is 1.57 bits per heavy atom. The first-order chi connectivity index (χ1) is 10.5. The Morgan fingerprint density at radius 1 is 0.957 bits per heavy atom. The topological polar surface area (TPSA) is 43.1 Å². The number of nitrogens with two attached hydrogens (primary N) is 1. The van der Waals surface area contributed by atoms with Gasteiger partial charge in [0.15, 0.2) is 0 Å². The number of primary amides is 1. The van der Waals surface area contributed by atoms with E-state index in [1.165, 1.54) is 6.07 Å². The molecular formula is C15H8F6NO. The fourth-order valence-corrected chi connectivity index (χ4v) is 2.05. The zero-order valence-electron chi connectivity index (χ0n) is 11.2. The van der Waals surface area contributed by atoms with Crippen molar-refractivity contribution in [1.82, 2.24) is 0 Å². The van der Waals surface area contributed by atoms with E-state index < -0.39 is 46.1 Å². The molecule has 121 valence electrons. The largest absolute Gasteiger partial charge is 0.417 e. The van der Waals surface area contributed by atoms with E-state index in [0.717, 1.165) is 12.1 Å². The highest BCUT2D eigenvalue weighted by atomic mass is 19.4. The molecule has 2 aromatic carbocycles. The average molecular weight is 332 g/mol. The molecule has 8 heteroatoms. The molecule has 0 aliphatic rings. The van der Waals surface area contributed by atoms with Gasteiger partial charge in [0.1, 0.15) is 0 Å². The zero-order valence-corrected chi connectivity index (χ0v) is 11.2. The summed E-state index contributed by atoms with van der Waals surface area (Å²) in [6.45, 7) is 0. The van der Waals surface area contributed by atoms with Crippen LogP contribution in [-0.4, -0.2) is 5.91 Å². The lowest BCUT2D eigenvalue weighted by atomic mass is 9.93. The number of alkyl halides is 6. The van der Waals surface area contributed by atoms with Gasteiger partial charge in [-0.3, -0.25) is 4.79 Å². The molecule has 0 bridgehead atoms. The second-order valence-corrected chi connectivity index (χ2v) is 4.58. The van der Waals surface area contributed by atoms with Gasteiger partial charge < -0.3 is 5.73 Å². The van der Waals surface area contributed by atoms with Gasteiger partial charge in [-0.25, -0.2) is 0 Å². The van der Waals surface area contributed by atoms with E-state index in [0.29, 0.717) is 18.2 Å². The van der Waals surface area contributed by atoms with E-state index in [-0.39, 0.29) is 0 Å². The van der Waals surface area contributed by atoms with E-state index in [9.17, 15) is 31.1 Å². The second kappa shape index (κ2) is 5.60. The molecule has 1 radical (unpaired) electrons. The third-order valence-electron chi connectivity index (χ3n) is 3.04. The van der Waals surface area contributed by atoms with E-state index in [2.05, 4.69) is 0 Å². The Bertz CT molecular complexity index is 748. The van der Waals surface area contributed by atoms with Crippen LogP contribution in [0.25, 0.3) is 11.1 Å². The molecule has 2 N–H and O–H groups in total. The maximum Gasteiger partial charge on any atom is 0.417 e. The van der Waals surface area contributed by atoms with Crippen LogP contribution < -0.4 is 5.73 Å². The number of carbonyl (C=O) groups excluding carboxylic acids is 1. The predicted molar refractivity (Wildman–Crippen MR) is 69.2 cm³/mol. The summed E-state index contributed by atoms with van der Waals surface area (Å²) < 4.78 is 77.5. The van der Waals surface area contributed by atoms with Gasteiger partial charge >= 0.3 is 12.4 Å². The predicted octanol–water partition coefficient (Wildman–Crippen LogP) is 4.29. The van der Waals surface area contributed by atoms with Crippen LogP contribution in [0.1, 0.15) is 21.5 Å². The molecule has 0 aromatic heterocycles. The molecule has 1 amide bonds. The summed E-state index contributed by atoms with van der Waals surface area (Å²) >= 11 is 0. The Morgan fingerprint density at radius 3 is 2.09 bits per heavy atom. The molecule has 0 saturated carbocycles. The van der Waals surface area contributed by atoms with Crippen molar-refractivity contribution >= 4 is 5.91 Å². The van der Waals surface area contributed by atoms with Crippen molar-refractivity contribution in [2.75, 3.05) is 0 Å². The molecule has 0 aliphatic carbocycles. The zero-order chi connectivity index (χ0) is 17.4. The number of amides is 1. The highest BCUT2D eigenvalue weighted by Crippen LogP contribution is 2.40. The van der Waals surface area contributed by atoms with Crippen LogP contribution in [0, 0.1) is 6.07 Å². The van der Waals surface area contributed by atoms with Crippen molar-refractivity contribution in [2.45, 2.75) is 12.4 Å². The molecule has 0 unspecified atom stereocenters. The SMILES string of the molecule is NC(=O)c1c[c]c(C(F)(F)F)cc1-c1ccccc1C(F)(F)F. The lowest BCUT2D eigenvalue weighted by molar-refractivity contribution is -0.138. The molecule has 2 nitrogen and oxygen atoms in total. The van der Waals surface area contributed by atoms with Gasteiger partial charge in [-0.2, -0.15) is 26.3 Å². The Hall–Kier alpha value is -2.51. The van der Waals surface area contributed by atoms with E-state index in [1.54, 1.807) is 0 Å². The van der Waals surface area contributed by atoms with Crippen molar-refractivity contribution in [2.24, 2.45) is 5.73 Å². The van der Waals surface area contributed by atoms with Gasteiger partial charge in [0.2, 0.25) is 5.91 Å². The minimum atomic E-state index is -4.82. The van der Waals surface area contributed by atoms with Crippen LogP contribution >= 0.6 is 0 Å². The summed E-state index contributed by atoms with van der Waals surface area (Å²) in [7, 11) is 0. The summed E-state index contributed by atoms with van der Waals surface area (Å²) in [5, 5.41) is 0. The molecule has 23 heavy (non-hydrogen) atoms. The summed E-state index contributed by atoms with van der Waals surface area (Å²) in [6, 6.07) is 6.91. The van der Waals surface area contributed by atoms with Gasteiger partial charge in [0.05, 0.1) is 11.1 Å². The van der Waals surface area contributed by atoms with E-state index in [1.807, 2.05) is 6.07 Å². The van der Waals surface area contributed by atoms with Crippen molar-refractivity contribution in [3.05, 3.63) is 59.2 Å². The fraction of sp³-hybridized carbons (Fsp3) is 0.133. The number of hydrogen-bond acceptors (Lipinski definition) is 1. The summed E-state index contributed by atoms with van der Waals surface area (Å²) in [5.74, 6) is -1.15. The quantitative estimate of drug-likeness (QED) is 0.819. The third kappa shape index (κ3) is 3.46. The lowest BCUT2D eigenvalue weighted by Gasteiger charge is -2.16. The van der Waals surface area contributed by atoms with Crippen molar-refractivity contribution in [3.63, 3.8) is 0 Å². The Kier molecular flexibility index (Phi) is 4.10. The Labute approximate surface area is 126 Å². The van der Waals surface area contributed by atoms with Gasteiger partial charge in [0.25, 0.3) is 0 Å². The van der Waals surface area contributed by atoms with Crippen molar-refractivity contribution in [1.29, 1.82) is 0 Å². The smallest absolute Gasteiger partial charge is 0.366 e. The molecule has 2 rings (SSSR count). The Balaban J connectivity index is 2.79. The van der Waals surface area contributed by atoms with E-state index in [4.69, 9.17) is 5.73 Å². The van der Waals surface area contributed by atoms with Gasteiger partial charge in [-0.05, 0) is 35.4 Å². The van der Waals surface area contributed by atoms with Gasteiger partial charge in [0, 0.05) is 5.56 Å². The minimum Gasteiger partial charge on any atom is -0.366 e. The number of rotatable bonds is 2. The third-order valence-corrected chi connectivity index (χ3v) is 3.04. The molecule has 0 aliphatic heterocycles. The second-order valence-electron chi connectivity index (χ2n) is 4.58. The number of carbonyl (C=O) groups is 1. The van der Waals surface area contributed by atoms with Gasteiger partial charge in [-0.1, -0.05) is 18.2 Å². The first kappa shape index (κ1) is 16.9. The van der Waals surface area contributed by atoms with Crippen molar-refractivity contribution in [3.8, 4) is 11.1 Å². The summed E-state index contributed by atoms with van der Waals surface area (Å²) in [6.07, 6.45) is -9.62. The van der Waals surface area contributed by atoms with Crippen LogP contribution in [0.3, 0.4) is 0 Å². The summed E-state index contributed by atoms with van der Waals surface area (Å²) in [4.78, 5) is 11.4. The van der Waals surface area contributed by atoms with E-state index >= 15 is 0 Å². The number of halogens is 6. The highest BCUT2D eigenvalue weighted by Gasteiger charge is 2.36. The number of hydrogen-bond donors (Lipinski definition) is 1. The first-order valence-corrected chi connectivity index (χ1v) is 6.11. The van der Waals surface area contributed by atoms with Crippen molar-refractivity contribution < 1.29 is 31.1 Å². The number of benzene rings is 2. The monoisotopic (exact) mass is 332 g/mol. The van der Waals surface area contributed by atoms with Crippen LogP contribution in [0.5, 0.6) is 0 Å². The molecule has 0 saturated heterocycles. The normalized spacial score (nSPS) is 12.3. The van der Waals surface area contributed by atoms with Crippen LogP contribution in [-0.2, 0) is 12.4 Å². The minimum absolute atomic E-state index is 0.435. The maximum atomic E-state index is 13.1.